The van der Waals surface area contributed by atoms with E-state index in [-0.39, 0.29) is 0 Å². The lowest BCUT2D eigenvalue weighted by molar-refractivity contribution is 0.0232. The zero-order valence-corrected chi connectivity index (χ0v) is 9.47. The maximum Gasteiger partial charge on any atom is 0.160 e. The Hall–Kier alpha value is -1.20. The second-order valence-electron chi connectivity index (χ2n) is 4.46. The van der Waals surface area contributed by atoms with Crippen LogP contribution in [0.2, 0.25) is 0 Å². The molecule has 1 saturated heterocycles. The molecule has 3 nitrogen and oxygen atoms in total. The van der Waals surface area contributed by atoms with Gasteiger partial charge in [0.05, 0.1) is 5.60 Å². The van der Waals surface area contributed by atoms with E-state index in [1.165, 1.54) is 6.07 Å². The fraction of sp³-hybridized carbons (Fsp3) is 0.500. The van der Waals surface area contributed by atoms with Crippen molar-refractivity contribution in [2.75, 3.05) is 25.0 Å². The minimum absolute atomic E-state index is 0.347. The van der Waals surface area contributed by atoms with Crippen molar-refractivity contribution in [1.82, 2.24) is 5.32 Å². The summed E-state index contributed by atoms with van der Waals surface area (Å²) in [6.45, 7) is 1.89. The molecule has 2 rings (SSSR count). The molecule has 0 unspecified atom stereocenters. The molecule has 1 heterocycles. The Morgan fingerprint density at radius 1 is 1.24 bits per heavy atom. The lowest BCUT2D eigenvalue weighted by atomic mass is 9.92. The Bertz CT molecular complexity index is 392. The molecule has 0 atom stereocenters. The molecule has 0 amide bonds. The van der Waals surface area contributed by atoms with Gasteiger partial charge in [-0.3, -0.25) is 0 Å². The van der Waals surface area contributed by atoms with E-state index in [0.29, 0.717) is 25.1 Å². The summed E-state index contributed by atoms with van der Waals surface area (Å²) in [6, 6.07) is 3.63. The number of piperidine rings is 1. The molecule has 5 heteroatoms. The number of nitrogens with one attached hydrogen (secondary N) is 2. The second kappa shape index (κ2) is 4.98. The summed E-state index contributed by atoms with van der Waals surface area (Å²) in [4.78, 5) is 0. The van der Waals surface area contributed by atoms with Crippen LogP contribution in [0.15, 0.2) is 18.2 Å². The van der Waals surface area contributed by atoms with Gasteiger partial charge >= 0.3 is 0 Å². The van der Waals surface area contributed by atoms with E-state index in [2.05, 4.69) is 10.6 Å². The number of hydrogen-bond acceptors (Lipinski definition) is 3. The first-order valence-electron chi connectivity index (χ1n) is 5.71. The predicted octanol–water partition coefficient (Wildman–Crippen LogP) is 1.49. The Morgan fingerprint density at radius 3 is 2.59 bits per heavy atom. The van der Waals surface area contributed by atoms with Crippen molar-refractivity contribution in [3.8, 4) is 0 Å². The maximum absolute atomic E-state index is 13.0. The molecule has 1 aliphatic heterocycles. The summed E-state index contributed by atoms with van der Waals surface area (Å²) < 4.78 is 25.7. The van der Waals surface area contributed by atoms with Crippen LogP contribution in [-0.2, 0) is 0 Å². The molecule has 1 aromatic rings. The Labute approximate surface area is 98.8 Å². The summed E-state index contributed by atoms with van der Waals surface area (Å²) in [5.41, 5.74) is -0.285. The minimum atomic E-state index is -0.882. The maximum atomic E-state index is 13.0. The number of aliphatic hydroxyl groups is 1. The van der Waals surface area contributed by atoms with Gasteiger partial charge < -0.3 is 15.7 Å². The van der Waals surface area contributed by atoms with Crippen LogP contribution in [0.3, 0.4) is 0 Å². The first-order valence-corrected chi connectivity index (χ1v) is 5.71. The third kappa shape index (κ3) is 3.14. The molecule has 3 N–H and O–H groups in total. The molecule has 0 radical (unpaired) electrons. The highest BCUT2D eigenvalue weighted by Crippen LogP contribution is 2.20. The molecular formula is C12H16F2N2O. The van der Waals surface area contributed by atoms with Crippen molar-refractivity contribution < 1.29 is 13.9 Å². The summed E-state index contributed by atoms with van der Waals surface area (Å²) in [5.74, 6) is -1.75. The Morgan fingerprint density at radius 2 is 1.94 bits per heavy atom. The fourth-order valence-electron chi connectivity index (χ4n) is 1.94. The molecular weight excluding hydrogens is 226 g/mol. The van der Waals surface area contributed by atoms with Crippen molar-refractivity contribution in [1.29, 1.82) is 0 Å². The molecule has 0 bridgehead atoms. The normalized spacial score (nSPS) is 19.0. The second-order valence-corrected chi connectivity index (χ2v) is 4.46. The van der Waals surface area contributed by atoms with Crippen LogP contribution >= 0.6 is 0 Å². The highest BCUT2D eigenvalue weighted by Gasteiger charge is 2.28. The van der Waals surface area contributed by atoms with Crippen LogP contribution in [0.5, 0.6) is 0 Å². The number of hydrogen-bond donors (Lipinski definition) is 3. The molecule has 0 aliphatic carbocycles. The zero-order valence-electron chi connectivity index (χ0n) is 9.47. The first kappa shape index (κ1) is 12.3. The van der Waals surface area contributed by atoms with Crippen LogP contribution in [0, 0.1) is 11.6 Å². The summed E-state index contributed by atoms with van der Waals surface area (Å²) in [6.07, 6.45) is 1.31. The lowest BCUT2D eigenvalue weighted by Crippen LogP contribution is -2.46. The molecule has 0 aromatic heterocycles. The van der Waals surface area contributed by atoms with Crippen LogP contribution in [-0.4, -0.2) is 30.3 Å². The van der Waals surface area contributed by atoms with Gasteiger partial charge in [-0.25, -0.2) is 8.78 Å². The van der Waals surface area contributed by atoms with Crippen LogP contribution in [0.25, 0.3) is 0 Å². The molecule has 0 saturated carbocycles. The van der Waals surface area contributed by atoms with Crippen LogP contribution in [0.1, 0.15) is 12.8 Å². The van der Waals surface area contributed by atoms with Gasteiger partial charge in [0.2, 0.25) is 0 Å². The summed E-state index contributed by atoms with van der Waals surface area (Å²) in [7, 11) is 0. The lowest BCUT2D eigenvalue weighted by Gasteiger charge is -2.33. The highest BCUT2D eigenvalue weighted by atomic mass is 19.2. The number of halogens is 2. The van der Waals surface area contributed by atoms with Gasteiger partial charge in [0.25, 0.3) is 0 Å². The van der Waals surface area contributed by atoms with Gasteiger partial charge in [-0.05, 0) is 38.1 Å². The quantitative estimate of drug-likeness (QED) is 0.752. The number of anilines is 1. The van der Waals surface area contributed by atoms with Crippen molar-refractivity contribution >= 4 is 5.69 Å². The van der Waals surface area contributed by atoms with Gasteiger partial charge in [0.15, 0.2) is 11.6 Å². The standard InChI is InChI=1S/C12H16F2N2O/c13-10-2-1-9(7-11(10)14)16-8-12(17)3-5-15-6-4-12/h1-2,7,15-17H,3-6,8H2. The van der Waals surface area contributed by atoms with Crippen molar-refractivity contribution in [2.24, 2.45) is 0 Å². The zero-order chi connectivity index (χ0) is 12.3. The summed E-state index contributed by atoms with van der Waals surface area (Å²) >= 11 is 0. The van der Waals surface area contributed by atoms with Gasteiger partial charge in [0, 0.05) is 18.3 Å². The van der Waals surface area contributed by atoms with Gasteiger partial charge in [-0.15, -0.1) is 0 Å². The highest BCUT2D eigenvalue weighted by molar-refractivity contribution is 5.43. The molecule has 94 valence electrons. The van der Waals surface area contributed by atoms with Gasteiger partial charge in [-0.1, -0.05) is 0 Å². The van der Waals surface area contributed by atoms with E-state index in [1.54, 1.807) is 0 Å². The Kier molecular flexibility index (Phi) is 3.59. The summed E-state index contributed by atoms with van der Waals surface area (Å²) in [5, 5.41) is 16.3. The molecule has 1 fully saturated rings. The van der Waals surface area contributed by atoms with Gasteiger partial charge in [0.1, 0.15) is 0 Å². The molecule has 0 spiro atoms. The molecule has 1 aromatic carbocycles. The predicted molar refractivity (Wildman–Crippen MR) is 61.9 cm³/mol. The fourth-order valence-corrected chi connectivity index (χ4v) is 1.94. The van der Waals surface area contributed by atoms with Gasteiger partial charge in [-0.2, -0.15) is 0 Å². The van der Waals surface area contributed by atoms with E-state index < -0.39 is 17.2 Å². The Balaban J connectivity index is 1.94. The van der Waals surface area contributed by atoms with Crippen LogP contribution < -0.4 is 10.6 Å². The molecule has 17 heavy (non-hydrogen) atoms. The minimum Gasteiger partial charge on any atom is -0.388 e. The van der Waals surface area contributed by atoms with Crippen molar-refractivity contribution in [2.45, 2.75) is 18.4 Å². The van der Waals surface area contributed by atoms with E-state index in [4.69, 9.17) is 0 Å². The van der Waals surface area contributed by atoms with E-state index in [0.717, 1.165) is 25.2 Å². The van der Waals surface area contributed by atoms with E-state index in [9.17, 15) is 13.9 Å². The monoisotopic (exact) mass is 242 g/mol. The van der Waals surface area contributed by atoms with E-state index >= 15 is 0 Å². The third-order valence-electron chi connectivity index (χ3n) is 3.08. The number of rotatable bonds is 3. The number of benzene rings is 1. The topological polar surface area (TPSA) is 44.3 Å². The average molecular weight is 242 g/mol. The van der Waals surface area contributed by atoms with Crippen molar-refractivity contribution in [3.63, 3.8) is 0 Å². The smallest absolute Gasteiger partial charge is 0.160 e. The SMILES string of the molecule is OC1(CNc2ccc(F)c(F)c2)CCNCC1. The molecule has 1 aliphatic rings. The van der Waals surface area contributed by atoms with Crippen molar-refractivity contribution in [3.05, 3.63) is 29.8 Å². The average Bonchev–Trinajstić information content (AvgIpc) is 2.32. The third-order valence-corrected chi connectivity index (χ3v) is 3.08. The van der Waals surface area contributed by atoms with Crippen LogP contribution in [0.4, 0.5) is 14.5 Å². The van der Waals surface area contributed by atoms with E-state index in [1.807, 2.05) is 0 Å². The first-order chi connectivity index (χ1) is 8.09. The largest absolute Gasteiger partial charge is 0.388 e.